The van der Waals surface area contributed by atoms with Crippen molar-refractivity contribution in [3.8, 4) is 0 Å². The van der Waals surface area contributed by atoms with Crippen molar-refractivity contribution in [1.29, 1.82) is 0 Å². The summed E-state index contributed by atoms with van der Waals surface area (Å²) in [6.45, 7) is 1.69. The molecule has 1 aliphatic carbocycles. The largest absolute Gasteiger partial charge is 0.344 e. The normalized spacial score (nSPS) is 28.2. The number of rotatable bonds is 1. The van der Waals surface area contributed by atoms with Crippen molar-refractivity contribution in [2.45, 2.75) is 51.2 Å². The van der Waals surface area contributed by atoms with Gasteiger partial charge in [-0.05, 0) is 19.8 Å². The molecule has 4 amide bonds. The van der Waals surface area contributed by atoms with Gasteiger partial charge in [0.05, 0.1) is 0 Å². The van der Waals surface area contributed by atoms with Gasteiger partial charge in [-0.15, -0.1) is 0 Å². The topological polar surface area (TPSA) is 78.7 Å². The fourth-order valence-electron chi connectivity index (χ4n) is 2.36. The molecule has 16 heavy (non-hydrogen) atoms. The summed E-state index contributed by atoms with van der Waals surface area (Å²) in [7, 11) is 0. The first-order chi connectivity index (χ1) is 7.61. The second-order valence-corrected chi connectivity index (χ2v) is 4.48. The number of hydrogen-bond donors (Lipinski definition) is 2. The number of carbonyl (C=O) groups is 2. The van der Waals surface area contributed by atoms with Gasteiger partial charge in [0.15, 0.2) is 0 Å². The van der Waals surface area contributed by atoms with Crippen LogP contribution in [0.25, 0.3) is 0 Å². The van der Waals surface area contributed by atoms with Crippen LogP contribution in [0, 0.1) is 0 Å². The number of hydrazine groups is 1. The molecule has 0 aromatic carbocycles. The smallest absolute Gasteiger partial charge is 0.316 e. The molecule has 2 rings (SSSR count). The minimum absolute atomic E-state index is 0.0137. The summed E-state index contributed by atoms with van der Waals surface area (Å²) in [5.41, 5.74) is 0. The van der Waals surface area contributed by atoms with Crippen LogP contribution in [0.3, 0.4) is 0 Å². The van der Waals surface area contributed by atoms with Gasteiger partial charge in [-0.25, -0.2) is 25.3 Å². The van der Waals surface area contributed by atoms with Crippen LogP contribution < -0.4 is 11.2 Å². The van der Waals surface area contributed by atoms with E-state index in [1.165, 1.54) is 11.3 Å². The number of imide groups is 1. The highest BCUT2D eigenvalue weighted by molar-refractivity contribution is 5.96. The van der Waals surface area contributed by atoms with Crippen molar-refractivity contribution in [2.24, 2.45) is 5.84 Å². The van der Waals surface area contributed by atoms with Crippen molar-refractivity contribution in [2.75, 3.05) is 0 Å². The lowest BCUT2D eigenvalue weighted by molar-refractivity contribution is 0.0862. The zero-order valence-corrected chi connectivity index (χ0v) is 9.48. The first-order valence-electron chi connectivity index (χ1n) is 5.79. The predicted octanol–water partition coefficient (Wildman–Crippen LogP) is 0.986. The molecular weight excluding hydrogens is 208 g/mol. The third-order valence-electron chi connectivity index (χ3n) is 3.34. The molecule has 90 valence electrons. The molecule has 1 atom stereocenters. The van der Waals surface area contributed by atoms with Crippen LogP contribution >= 0.6 is 0 Å². The quantitative estimate of drug-likeness (QED) is 0.517. The average Bonchev–Trinajstić information content (AvgIpc) is 2.28. The summed E-state index contributed by atoms with van der Waals surface area (Å²) in [6, 6.07) is -0.686. The molecule has 6 nitrogen and oxygen atoms in total. The molecule has 0 spiro atoms. The number of hydrogen-bond acceptors (Lipinski definition) is 3. The van der Waals surface area contributed by atoms with Crippen molar-refractivity contribution < 1.29 is 9.59 Å². The Kier molecular flexibility index (Phi) is 3.00. The summed E-state index contributed by atoms with van der Waals surface area (Å²) in [5, 5.41) is 3.75. The lowest BCUT2D eigenvalue weighted by atomic mass is 9.94. The lowest BCUT2D eigenvalue weighted by Gasteiger charge is -2.41. The molecule has 6 heteroatoms. The number of nitrogens with zero attached hydrogens (tertiary/aromatic N) is 2. The van der Waals surface area contributed by atoms with E-state index in [1.54, 1.807) is 6.92 Å². The predicted molar refractivity (Wildman–Crippen MR) is 58.1 cm³/mol. The van der Waals surface area contributed by atoms with Crippen LogP contribution in [0.4, 0.5) is 9.59 Å². The number of carbonyl (C=O) groups excluding carboxylic acids is 2. The molecule has 1 heterocycles. The molecule has 0 bridgehead atoms. The van der Waals surface area contributed by atoms with Gasteiger partial charge in [-0.2, -0.15) is 0 Å². The van der Waals surface area contributed by atoms with E-state index in [2.05, 4.69) is 5.32 Å². The molecular formula is C10H18N4O2. The highest BCUT2D eigenvalue weighted by atomic mass is 16.2. The van der Waals surface area contributed by atoms with E-state index in [-0.39, 0.29) is 18.1 Å². The molecule has 1 saturated carbocycles. The zero-order valence-electron chi connectivity index (χ0n) is 9.48. The van der Waals surface area contributed by atoms with Crippen molar-refractivity contribution >= 4 is 12.1 Å². The Labute approximate surface area is 94.7 Å². The molecule has 0 aromatic rings. The van der Waals surface area contributed by atoms with Crippen LogP contribution in [0.1, 0.15) is 39.0 Å². The molecule has 1 unspecified atom stereocenters. The van der Waals surface area contributed by atoms with Crippen molar-refractivity contribution in [1.82, 2.24) is 15.2 Å². The molecule has 2 aliphatic rings. The van der Waals surface area contributed by atoms with Gasteiger partial charge in [-0.3, -0.25) is 0 Å². The van der Waals surface area contributed by atoms with Gasteiger partial charge in [-0.1, -0.05) is 19.3 Å². The third-order valence-corrected chi connectivity index (χ3v) is 3.34. The Morgan fingerprint density at radius 3 is 2.50 bits per heavy atom. The molecule has 1 saturated heterocycles. The van der Waals surface area contributed by atoms with E-state index >= 15 is 0 Å². The second-order valence-electron chi connectivity index (χ2n) is 4.48. The minimum Gasteiger partial charge on any atom is -0.316 e. The number of urea groups is 2. The Morgan fingerprint density at radius 1 is 1.25 bits per heavy atom. The van der Waals surface area contributed by atoms with Gasteiger partial charge in [0.1, 0.15) is 6.17 Å². The van der Waals surface area contributed by atoms with Gasteiger partial charge in [0.25, 0.3) is 0 Å². The van der Waals surface area contributed by atoms with Crippen LogP contribution in [-0.4, -0.2) is 34.2 Å². The molecule has 1 aliphatic heterocycles. The van der Waals surface area contributed by atoms with E-state index in [4.69, 9.17) is 5.84 Å². The Morgan fingerprint density at radius 2 is 1.88 bits per heavy atom. The summed E-state index contributed by atoms with van der Waals surface area (Å²) >= 11 is 0. The number of nitrogens with two attached hydrogens (primary N) is 1. The Bertz CT molecular complexity index is 301. The van der Waals surface area contributed by atoms with Crippen LogP contribution in [0.15, 0.2) is 0 Å². The highest BCUT2D eigenvalue weighted by Gasteiger charge is 2.39. The van der Waals surface area contributed by atoms with Crippen molar-refractivity contribution in [3.05, 3.63) is 0 Å². The second kappa shape index (κ2) is 4.29. The van der Waals surface area contributed by atoms with Gasteiger partial charge >= 0.3 is 12.1 Å². The lowest BCUT2D eigenvalue weighted by Crippen LogP contribution is -2.68. The van der Waals surface area contributed by atoms with E-state index in [1.807, 2.05) is 0 Å². The van der Waals surface area contributed by atoms with E-state index in [0.717, 1.165) is 30.7 Å². The minimum atomic E-state index is -0.431. The molecule has 3 N–H and O–H groups in total. The number of nitrogens with one attached hydrogen (secondary N) is 1. The highest BCUT2D eigenvalue weighted by Crippen LogP contribution is 2.24. The van der Waals surface area contributed by atoms with Crippen molar-refractivity contribution in [3.63, 3.8) is 0 Å². The summed E-state index contributed by atoms with van der Waals surface area (Å²) in [6.07, 6.45) is 4.68. The Hall–Kier alpha value is -1.30. The molecule has 0 aromatic heterocycles. The summed E-state index contributed by atoms with van der Waals surface area (Å²) in [4.78, 5) is 25.0. The van der Waals surface area contributed by atoms with Crippen LogP contribution in [0.2, 0.25) is 0 Å². The zero-order chi connectivity index (χ0) is 11.7. The Balaban J connectivity index is 2.12. The maximum atomic E-state index is 11.9. The standard InChI is InChI=1S/C10H18N4O2/c1-7-12-9(15)13(10(16)14(7)11)8-5-3-2-4-6-8/h7-8H,2-6,11H2,1H3,(H,12,15). The first kappa shape index (κ1) is 11.2. The molecule has 0 radical (unpaired) electrons. The fraction of sp³-hybridized carbons (Fsp3) is 0.800. The third kappa shape index (κ3) is 1.84. The van der Waals surface area contributed by atoms with E-state index in [9.17, 15) is 9.59 Å². The monoisotopic (exact) mass is 226 g/mol. The molecule has 2 fully saturated rings. The first-order valence-corrected chi connectivity index (χ1v) is 5.79. The maximum absolute atomic E-state index is 11.9. The van der Waals surface area contributed by atoms with E-state index in [0.29, 0.717) is 0 Å². The van der Waals surface area contributed by atoms with Gasteiger partial charge in [0, 0.05) is 6.04 Å². The van der Waals surface area contributed by atoms with Crippen LogP contribution in [0.5, 0.6) is 0 Å². The summed E-state index contributed by atoms with van der Waals surface area (Å²) < 4.78 is 0. The number of amides is 4. The van der Waals surface area contributed by atoms with Gasteiger partial charge in [0.2, 0.25) is 0 Å². The maximum Gasteiger partial charge on any atom is 0.344 e. The van der Waals surface area contributed by atoms with Gasteiger partial charge < -0.3 is 5.32 Å². The van der Waals surface area contributed by atoms with E-state index < -0.39 is 6.17 Å². The van der Waals surface area contributed by atoms with Crippen LogP contribution in [-0.2, 0) is 0 Å². The summed E-state index contributed by atoms with van der Waals surface area (Å²) in [5.74, 6) is 5.61. The fourth-order valence-corrected chi connectivity index (χ4v) is 2.36. The average molecular weight is 226 g/mol. The SMILES string of the molecule is CC1NC(=O)N(C2CCCCC2)C(=O)N1N.